The Labute approximate surface area is 111 Å². The maximum atomic E-state index is 11.9. The molecule has 0 spiro atoms. The number of rotatable bonds is 2. The molecule has 1 fully saturated rings. The van der Waals surface area contributed by atoms with Crippen LogP contribution in [-0.4, -0.2) is 29.6 Å². The molecule has 19 heavy (non-hydrogen) atoms. The van der Waals surface area contributed by atoms with E-state index < -0.39 is 6.04 Å². The van der Waals surface area contributed by atoms with Crippen molar-refractivity contribution < 1.29 is 14.7 Å². The minimum Gasteiger partial charge on any atom is -0.384 e. The first-order valence-corrected chi connectivity index (χ1v) is 5.99. The molecule has 0 saturated carbocycles. The van der Waals surface area contributed by atoms with Crippen molar-refractivity contribution in [3.05, 3.63) is 29.8 Å². The fourth-order valence-electron chi connectivity index (χ4n) is 1.86. The molecule has 2 rings (SSSR count). The predicted molar refractivity (Wildman–Crippen MR) is 70.2 cm³/mol. The van der Waals surface area contributed by atoms with Crippen molar-refractivity contribution in [2.45, 2.75) is 18.9 Å². The smallest absolute Gasteiger partial charge is 0.246 e. The number of benzene rings is 1. The Hall–Kier alpha value is -2.32. The maximum absolute atomic E-state index is 11.9. The van der Waals surface area contributed by atoms with Crippen LogP contribution < -0.4 is 10.6 Å². The van der Waals surface area contributed by atoms with E-state index in [9.17, 15) is 9.59 Å². The number of anilines is 1. The van der Waals surface area contributed by atoms with Crippen LogP contribution in [0, 0.1) is 11.8 Å². The molecule has 1 unspecified atom stereocenters. The van der Waals surface area contributed by atoms with E-state index >= 15 is 0 Å². The minimum absolute atomic E-state index is 0.0947. The zero-order chi connectivity index (χ0) is 13.7. The topological polar surface area (TPSA) is 78.4 Å². The monoisotopic (exact) mass is 258 g/mol. The standard InChI is InChI=1S/C14H14N2O3/c17-8-2-4-10-3-1-5-11(9-10)15-14(19)12-6-7-13(18)16-12/h1,3,5,9,12,17H,6-8H2,(H,15,19)(H,16,18). The molecule has 0 aromatic heterocycles. The van der Waals surface area contributed by atoms with Crippen LogP contribution in [0.25, 0.3) is 0 Å². The average Bonchev–Trinajstić information content (AvgIpc) is 2.83. The Morgan fingerprint density at radius 2 is 2.37 bits per heavy atom. The Kier molecular flexibility index (Phi) is 4.16. The highest BCUT2D eigenvalue weighted by Crippen LogP contribution is 2.13. The first kappa shape index (κ1) is 13.1. The lowest BCUT2D eigenvalue weighted by molar-refractivity contribution is -0.122. The quantitative estimate of drug-likeness (QED) is 0.665. The van der Waals surface area contributed by atoms with Gasteiger partial charge in [0.1, 0.15) is 12.6 Å². The van der Waals surface area contributed by atoms with Gasteiger partial charge in [-0.3, -0.25) is 9.59 Å². The van der Waals surface area contributed by atoms with Gasteiger partial charge in [-0.25, -0.2) is 0 Å². The van der Waals surface area contributed by atoms with Gasteiger partial charge < -0.3 is 15.7 Å². The van der Waals surface area contributed by atoms with Crippen LogP contribution in [0.1, 0.15) is 18.4 Å². The number of amides is 2. The molecule has 2 amide bonds. The molecule has 1 saturated heterocycles. The van der Waals surface area contributed by atoms with E-state index in [2.05, 4.69) is 22.5 Å². The molecular formula is C14H14N2O3. The molecule has 5 nitrogen and oxygen atoms in total. The SMILES string of the molecule is O=C1CCC(C(=O)Nc2cccc(C#CCO)c2)N1. The van der Waals surface area contributed by atoms with Crippen molar-refractivity contribution in [1.82, 2.24) is 5.32 Å². The van der Waals surface area contributed by atoms with Gasteiger partial charge in [0.15, 0.2) is 0 Å². The van der Waals surface area contributed by atoms with Crippen LogP contribution in [0.3, 0.4) is 0 Å². The van der Waals surface area contributed by atoms with Gasteiger partial charge in [-0.15, -0.1) is 0 Å². The molecule has 1 aromatic carbocycles. The van der Waals surface area contributed by atoms with Gasteiger partial charge in [0.2, 0.25) is 11.8 Å². The summed E-state index contributed by atoms with van der Waals surface area (Å²) in [6.07, 6.45) is 0.911. The molecule has 1 heterocycles. The minimum atomic E-state index is -0.459. The Morgan fingerprint density at radius 3 is 3.05 bits per heavy atom. The van der Waals surface area contributed by atoms with E-state index in [4.69, 9.17) is 5.11 Å². The van der Waals surface area contributed by atoms with Crippen molar-refractivity contribution in [2.24, 2.45) is 0 Å². The van der Waals surface area contributed by atoms with E-state index in [1.54, 1.807) is 24.3 Å². The molecule has 1 aliphatic heterocycles. The summed E-state index contributed by atoms with van der Waals surface area (Å²) in [5, 5.41) is 14.0. The van der Waals surface area contributed by atoms with Crippen molar-refractivity contribution >= 4 is 17.5 Å². The molecule has 0 bridgehead atoms. The van der Waals surface area contributed by atoms with Crippen molar-refractivity contribution in [1.29, 1.82) is 0 Å². The summed E-state index contributed by atoms with van der Waals surface area (Å²) in [5.41, 5.74) is 1.33. The summed E-state index contributed by atoms with van der Waals surface area (Å²) in [4.78, 5) is 22.9. The fraction of sp³-hybridized carbons (Fsp3) is 0.286. The highest BCUT2D eigenvalue weighted by molar-refractivity contribution is 5.99. The number of nitrogens with one attached hydrogen (secondary N) is 2. The van der Waals surface area contributed by atoms with E-state index in [0.29, 0.717) is 24.1 Å². The van der Waals surface area contributed by atoms with E-state index in [1.165, 1.54) is 0 Å². The van der Waals surface area contributed by atoms with Crippen LogP contribution in [-0.2, 0) is 9.59 Å². The second-order valence-corrected chi connectivity index (χ2v) is 4.19. The van der Waals surface area contributed by atoms with E-state index in [1.807, 2.05) is 0 Å². The highest BCUT2D eigenvalue weighted by atomic mass is 16.2. The van der Waals surface area contributed by atoms with E-state index in [0.717, 1.165) is 0 Å². The average molecular weight is 258 g/mol. The molecule has 1 atom stereocenters. The second kappa shape index (κ2) is 6.03. The number of carbonyl (C=O) groups excluding carboxylic acids is 2. The lowest BCUT2D eigenvalue weighted by atomic mass is 10.2. The number of carbonyl (C=O) groups is 2. The summed E-state index contributed by atoms with van der Waals surface area (Å²) in [5.74, 6) is 4.99. The highest BCUT2D eigenvalue weighted by Gasteiger charge is 2.26. The van der Waals surface area contributed by atoms with Crippen molar-refractivity contribution in [3.8, 4) is 11.8 Å². The Morgan fingerprint density at radius 1 is 1.53 bits per heavy atom. The third-order valence-corrected chi connectivity index (χ3v) is 2.75. The van der Waals surface area contributed by atoms with Gasteiger partial charge in [0.05, 0.1) is 0 Å². The zero-order valence-corrected chi connectivity index (χ0v) is 10.3. The maximum Gasteiger partial charge on any atom is 0.246 e. The summed E-state index contributed by atoms with van der Waals surface area (Å²) in [6.45, 7) is -0.204. The van der Waals surface area contributed by atoms with Crippen LogP contribution in [0.2, 0.25) is 0 Å². The first-order chi connectivity index (χ1) is 9.19. The molecule has 98 valence electrons. The molecular weight excluding hydrogens is 244 g/mol. The van der Waals surface area contributed by atoms with Crippen LogP contribution >= 0.6 is 0 Å². The third kappa shape index (κ3) is 3.57. The number of aliphatic hydroxyl groups excluding tert-OH is 1. The van der Waals surface area contributed by atoms with Gasteiger partial charge in [-0.05, 0) is 24.6 Å². The van der Waals surface area contributed by atoms with Crippen molar-refractivity contribution in [2.75, 3.05) is 11.9 Å². The second-order valence-electron chi connectivity index (χ2n) is 4.19. The summed E-state index contributed by atoms with van der Waals surface area (Å²) < 4.78 is 0. The molecule has 5 heteroatoms. The lowest BCUT2D eigenvalue weighted by Gasteiger charge is -2.10. The van der Waals surface area contributed by atoms with Crippen LogP contribution in [0.15, 0.2) is 24.3 Å². The molecule has 1 aliphatic rings. The van der Waals surface area contributed by atoms with Gasteiger partial charge in [0, 0.05) is 17.7 Å². The number of aliphatic hydroxyl groups is 1. The molecule has 1 aromatic rings. The molecule has 0 radical (unpaired) electrons. The lowest BCUT2D eigenvalue weighted by Crippen LogP contribution is -2.37. The number of hydrogen-bond donors (Lipinski definition) is 3. The molecule has 3 N–H and O–H groups in total. The number of hydrogen-bond acceptors (Lipinski definition) is 3. The van der Waals surface area contributed by atoms with Crippen molar-refractivity contribution in [3.63, 3.8) is 0 Å². The van der Waals surface area contributed by atoms with Gasteiger partial charge in [0.25, 0.3) is 0 Å². The Balaban J connectivity index is 2.02. The van der Waals surface area contributed by atoms with Gasteiger partial charge in [-0.1, -0.05) is 17.9 Å². The normalized spacial score (nSPS) is 17.3. The largest absolute Gasteiger partial charge is 0.384 e. The fourth-order valence-corrected chi connectivity index (χ4v) is 1.86. The van der Waals surface area contributed by atoms with Gasteiger partial charge >= 0.3 is 0 Å². The predicted octanol–water partition coefficient (Wildman–Crippen LogP) is 0.248. The zero-order valence-electron chi connectivity index (χ0n) is 10.3. The summed E-state index contributed by atoms with van der Waals surface area (Å²) in [6, 6.07) is 6.57. The van der Waals surface area contributed by atoms with Crippen LogP contribution in [0.4, 0.5) is 5.69 Å². The van der Waals surface area contributed by atoms with Gasteiger partial charge in [-0.2, -0.15) is 0 Å². The Bertz CT molecular complexity index is 557. The van der Waals surface area contributed by atoms with E-state index in [-0.39, 0.29) is 18.4 Å². The molecule has 0 aliphatic carbocycles. The third-order valence-electron chi connectivity index (χ3n) is 2.75. The van der Waals surface area contributed by atoms with Crippen LogP contribution in [0.5, 0.6) is 0 Å². The first-order valence-electron chi connectivity index (χ1n) is 5.99. The summed E-state index contributed by atoms with van der Waals surface area (Å²) >= 11 is 0. The summed E-state index contributed by atoms with van der Waals surface area (Å²) in [7, 11) is 0.